The number of ether oxygens (including phenoxy) is 1. The van der Waals surface area contributed by atoms with Crippen LogP contribution in [-0.4, -0.2) is 33.0 Å². The predicted molar refractivity (Wildman–Crippen MR) is 146 cm³/mol. The van der Waals surface area contributed by atoms with Crippen molar-refractivity contribution >= 4 is 69.4 Å². The Morgan fingerprint density at radius 1 is 0.944 bits per heavy atom. The van der Waals surface area contributed by atoms with E-state index in [4.69, 9.17) is 51.8 Å². The zero-order valence-corrected chi connectivity index (χ0v) is 21.9. The van der Waals surface area contributed by atoms with E-state index in [1.54, 1.807) is 0 Å². The molecule has 188 valence electrons. The van der Waals surface area contributed by atoms with Gasteiger partial charge in [-0.1, -0.05) is 102 Å². The van der Waals surface area contributed by atoms with Gasteiger partial charge in [0.2, 0.25) is 9.70 Å². The van der Waals surface area contributed by atoms with Gasteiger partial charge >= 0.3 is 0 Å². The Labute approximate surface area is 228 Å². The molecule has 0 bridgehead atoms. The van der Waals surface area contributed by atoms with Crippen molar-refractivity contribution < 1.29 is 14.5 Å². The molecule has 3 aromatic carbocycles. The molecule has 0 saturated carbocycles. The molecule has 0 unspecified atom stereocenters. The highest BCUT2D eigenvalue weighted by atomic mass is 35.6. The highest BCUT2D eigenvalue weighted by Crippen LogP contribution is 2.35. The first-order valence-corrected chi connectivity index (χ1v) is 12.0. The Balaban J connectivity index is 1.86. The van der Waals surface area contributed by atoms with Crippen molar-refractivity contribution in [1.29, 1.82) is 0 Å². The van der Waals surface area contributed by atoms with E-state index in [2.05, 4.69) is 16.0 Å². The monoisotopic (exact) mass is 566 g/mol. The number of carbonyl (C=O) groups is 1. The van der Waals surface area contributed by atoms with E-state index < -0.39 is 26.7 Å². The molecule has 0 saturated heterocycles. The van der Waals surface area contributed by atoms with Crippen molar-refractivity contribution in [3.8, 4) is 5.75 Å². The molecule has 1 amide bonds. The normalized spacial score (nSPS) is 11.9. The number of anilines is 1. The predicted octanol–water partition coefficient (Wildman–Crippen LogP) is 5.53. The molecule has 0 fully saturated rings. The van der Waals surface area contributed by atoms with Crippen LogP contribution in [0.1, 0.15) is 17.0 Å². The number of nitrogens with one attached hydrogen (secondary N) is 3. The van der Waals surface area contributed by atoms with Gasteiger partial charge in [0.05, 0.1) is 18.0 Å². The van der Waals surface area contributed by atoms with Gasteiger partial charge in [0.1, 0.15) is 11.9 Å². The topological polar surface area (TPSA) is 106 Å². The third kappa shape index (κ3) is 6.98. The highest BCUT2D eigenvalue weighted by molar-refractivity contribution is 7.80. The minimum Gasteiger partial charge on any atom is -0.494 e. The largest absolute Gasteiger partial charge is 0.494 e. The second kappa shape index (κ2) is 12.2. The fraction of sp³-hybridized carbons (Fsp3) is 0.167. The summed E-state index contributed by atoms with van der Waals surface area (Å²) < 4.78 is 3.17. The van der Waals surface area contributed by atoms with E-state index in [0.717, 1.165) is 11.1 Å². The molecule has 0 aliphatic heterocycles. The highest BCUT2D eigenvalue weighted by Gasteiger charge is 2.37. The third-order valence-corrected chi connectivity index (χ3v) is 5.95. The summed E-state index contributed by atoms with van der Waals surface area (Å²) in [5.41, 5.74) is 1.19. The molecule has 0 spiro atoms. The van der Waals surface area contributed by atoms with Crippen molar-refractivity contribution in [2.24, 2.45) is 0 Å². The molecular formula is C24H21Cl3N4O4S. The molecule has 0 aliphatic rings. The quantitative estimate of drug-likeness (QED) is 0.108. The Bertz CT molecular complexity index is 1190. The van der Waals surface area contributed by atoms with Crippen LogP contribution < -0.4 is 20.7 Å². The van der Waals surface area contributed by atoms with Crippen LogP contribution in [0.25, 0.3) is 0 Å². The van der Waals surface area contributed by atoms with Crippen molar-refractivity contribution in [3.05, 3.63) is 100 Å². The van der Waals surface area contributed by atoms with E-state index in [1.165, 1.54) is 25.3 Å². The second-order valence-corrected chi connectivity index (χ2v) is 10.2. The molecule has 8 nitrogen and oxygen atoms in total. The Morgan fingerprint density at radius 2 is 1.50 bits per heavy atom. The Hall–Kier alpha value is -3.11. The number of carbonyl (C=O) groups excluding carboxylic acids is 1. The molecule has 0 heterocycles. The van der Waals surface area contributed by atoms with Gasteiger partial charge in [0.15, 0.2) is 10.8 Å². The number of hydrogen-bond acceptors (Lipinski definition) is 5. The SMILES string of the molecule is COc1cccc([N+](=O)[O-])c1NC(=S)N[C@H](NC(=O)C(c1ccccc1)c1ccccc1)C(Cl)(Cl)Cl. The van der Waals surface area contributed by atoms with Gasteiger partial charge in [0, 0.05) is 6.07 Å². The average molecular weight is 568 g/mol. The van der Waals surface area contributed by atoms with Crippen LogP contribution in [0, 0.1) is 10.1 Å². The van der Waals surface area contributed by atoms with Crippen LogP contribution in [0.2, 0.25) is 0 Å². The standard InChI is InChI=1S/C24H21Cl3N4O4S/c1-35-18-14-8-13-17(31(33)34)20(18)28-23(36)30-22(24(25,26)27)29-21(32)19(15-9-4-2-5-10-15)16-11-6-3-7-12-16/h2-14,19,22H,1H3,(H,29,32)(H2,28,30,36)/t22-/m0/s1. The molecule has 3 rings (SSSR count). The summed E-state index contributed by atoms with van der Waals surface area (Å²) in [6, 6.07) is 22.5. The van der Waals surface area contributed by atoms with Crippen LogP contribution in [0.3, 0.4) is 0 Å². The maximum atomic E-state index is 13.5. The lowest BCUT2D eigenvalue weighted by Gasteiger charge is -2.29. The molecule has 1 atom stereocenters. The van der Waals surface area contributed by atoms with Gasteiger partial charge in [-0.25, -0.2) is 0 Å². The summed E-state index contributed by atoms with van der Waals surface area (Å²) in [7, 11) is 1.36. The minimum absolute atomic E-state index is 0.00309. The first kappa shape index (κ1) is 27.5. The molecule has 3 aromatic rings. The van der Waals surface area contributed by atoms with Gasteiger partial charge in [-0.3, -0.25) is 14.9 Å². The zero-order chi connectivity index (χ0) is 26.3. The summed E-state index contributed by atoms with van der Waals surface area (Å²) in [4.78, 5) is 24.4. The van der Waals surface area contributed by atoms with Crippen molar-refractivity contribution in [2.45, 2.75) is 15.9 Å². The van der Waals surface area contributed by atoms with E-state index >= 15 is 0 Å². The number of rotatable bonds is 8. The number of amides is 1. The second-order valence-electron chi connectivity index (χ2n) is 7.45. The average Bonchev–Trinajstić information content (AvgIpc) is 2.84. The van der Waals surface area contributed by atoms with E-state index in [9.17, 15) is 14.9 Å². The lowest BCUT2D eigenvalue weighted by Crippen LogP contribution is -2.57. The molecule has 12 heteroatoms. The zero-order valence-electron chi connectivity index (χ0n) is 18.8. The van der Waals surface area contributed by atoms with E-state index in [0.29, 0.717) is 0 Å². The maximum Gasteiger partial charge on any atom is 0.296 e. The maximum absolute atomic E-state index is 13.5. The molecule has 0 radical (unpaired) electrons. The lowest BCUT2D eigenvalue weighted by atomic mass is 9.90. The number of thiocarbonyl (C=S) groups is 1. The molecule has 0 aromatic heterocycles. The summed E-state index contributed by atoms with van der Waals surface area (Å²) in [6.07, 6.45) is -1.29. The molecule has 0 aliphatic carbocycles. The fourth-order valence-corrected chi connectivity index (χ4v) is 4.01. The number of nitro groups is 1. The van der Waals surface area contributed by atoms with Gasteiger partial charge in [0.25, 0.3) is 5.69 Å². The van der Waals surface area contributed by atoms with Gasteiger partial charge < -0.3 is 20.7 Å². The number of nitrogens with zero attached hydrogens (tertiary/aromatic N) is 1. The number of hydrogen-bond donors (Lipinski definition) is 3. The van der Waals surface area contributed by atoms with Gasteiger partial charge in [-0.15, -0.1) is 0 Å². The fourth-order valence-electron chi connectivity index (χ4n) is 3.46. The number of alkyl halides is 3. The van der Waals surface area contributed by atoms with Gasteiger partial charge in [-0.2, -0.15) is 0 Å². The molecule has 36 heavy (non-hydrogen) atoms. The minimum atomic E-state index is -2.04. The lowest BCUT2D eigenvalue weighted by molar-refractivity contribution is -0.384. The van der Waals surface area contributed by atoms with Crippen LogP contribution in [0.15, 0.2) is 78.9 Å². The number of methoxy groups -OCH3 is 1. The van der Waals surface area contributed by atoms with E-state index in [-0.39, 0.29) is 22.2 Å². The molecule has 3 N–H and O–H groups in total. The Kier molecular flexibility index (Phi) is 9.33. The first-order valence-electron chi connectivity index (χ1n) is 10.5. The van der Waals surface area contributed by atoms with Crippen molar-refractivity contribution in [1.82, 2.24) is 10.6 Å². The van der Waals surface area contributed by atoms with Crippen LogP contribution in [0.5, 0.6) is 5.75 Å². The van der Waals surface area contributed by atoms with E-state index in [1.807, 2.05) is 60.7 Å². The molecular weight excluding hydrogens is 547 g/mol. The number of benzene rings is 3. The van der Waals surface area contributed by atoms with Crippen LogP contribution >= 0.6 is 47.0 Å². The number of halogens is 3. The first-order chi connectivity index (χ1) is 17.1. The van der Waals surface area contributed by atoms with Crippen LogP contribution in [0.4, 0.5) is 11.4 Å². The van der Waals surface area contributed by atoms with Crippen LogP contribution in [-0.2, 0) is 4.79 Å². The summed E-state index contributed by atoms with van der Waals surface area (Å²) in [6.45, 7) is 0. The number of nitro benzene ring substituents is 1. The summed E-state index contributed by atoms with van der Waals surface area (Å²) in [5, 5.41) is 19.5. The van der Waals surface area contributed by atoms with Crippen molar-refractivity contribution in [2.75, 3.05) is 12.4 Å². The van der Waals surface area contributed by atoms with Crippen molar-refractivity contribution in [3.63, 3.8) is 0 Å². The number of para-hydroxylation sites is 1. The smallest absolute Gasteiger partial charge is 0.296 e. The summed E-state index contributed by atoms with van der Waals surface area (Å²) in [5.74, 6) is -0.987. The Morgan fingerprint density at radius 3 is 1.97 bits per heavy atom. The van der Waals surface area contributed by atoms with Gasteiger partial charge in [-0.05, 0) is 29.4 Å². The summed E-state index contributed by atoms with van der Waals surface area (Å²) >= 11 is 23.8. The third-order valence-electron chi connectivity index (χ3n) is 5.08.